The fraction of sp³-hybridized carbons (Fsp3) is 0.438. The van der Waals surface area contributed by atoms with Gasteiger partial charge in [-0.2, -0.15) is 18.2 Å². The summed E-state index contributed by atoms with van der Waals surface area (Å²) in [7, 11) is -2.41. The molecule has 11 heteroatoms. The number of nitrogens with zero attached hydrogens (tertiary/aromatic N) is 5. The minimum atomic E-state index is -4.70. The first kappa shape index (κ1) is 19.3. The zero-order valence-electron chi connectivity index (χ0n) is 15.1. The molecule has 0 bridgehead atoms. The zero-order valence-corrected chi connectivity index (χ0v) is 15.9. The van der Waals surface area contributed by atoms with Crippen molar-refractivity contribution < 1.29 is 21.9 Å². The standard InChI is InChI=1S/C16H18F3N5O2S/c1-15(2,3)27(4,25)20-8-11-9-24-6-5-10(7-12(24)21-11)13-22-14(26-23-13)16(17,18)19/h5-7,9H,8H2,1-4H3. The molecule has 0 N–H and O–H groups in total. The number of halogens is 3. The molecule has 1 atom stereocenters. The van der Waals surface area contributed by atoms with Crippen LogP contribution in [0, 0.1) is 0 Å². The van der Waals surface area contributed by atoms with Crippen molar-refractivity contribution in [1.29, 1.82) is 0 Å². The molecule has 0 aliphatic carbocycles. The summed E-state index contributed by atoms with van der Waals surface area (Å²) < 4.78 is 60.1. The van der Waals surface area contributed by atoms with Gasteiger partial charge in [-0.15, -0.1) is 0 Å². The van der Waals surface area contributed by atoms with Crippen LogP contribution < -0.4 is 0 Å². The van der Waals surface area contributed by atoms with Gasteiger partial charge in [0.1, 0.15) is 5.65 Å². The smallest absolute Gasteiger partial charge is 0.329 e. The van der Waals surface area contributed by atoms with Crippen molar-refractivity contribution >= 4 is 15.4 Å². The van der Waals surface area contributed by atoms with E-state index in [1.54, 1.807) is 35.2 Å². The summed E-state index contributed by atoms with van der Waals surface area (Å²) >= 11 is 0. The lowest BCUT2D eigenvalue weighted by atomic mass is 10.2. The Kier molecular flexibility index (Phi) is 4.53. The largest absolute Gasteiger partial charge is 0.471 e. The van der Waals surface area contributed by atoms with E-state index in [2.05, 4.69) is 24.0 Å². The Labute approximate surface area is 153 Å². The molecular formula is C16H18F3N5O2S. The predicted molar refractivity (Wildman–Crippen MR) is 93.4 cm³/mol. The molecule has 0 spiro atoms. The molecule has 0 radical (unpaired) electrons. The summed E-state index contributed by atoms with van der Waals surface area (Å²) in [5.41, 5.74) is 1.41. The van der Waals surface area contributed by atoms with Crippen molar-refractivity contribution in [3.8, 4) is 11.4 Å². The highest BCUT2D eigenvalue weighted by Gasteiger charge is 2.38. The molecule has 3 aromatic rings. The predicted octanol–water partition coefficient (Wildman–Crippen LogP) is 3.80. The number of alkyl halides is 3. The molecule has 7 nitrogen and oxygen atoms in total. The Morgan fingerprint density at radius 3 is 2.56 bits per heavy atom. The van der Waals surface area contributed by atoms with Gasteiger partial charge in [0.2, 0.25) is 5.82 Å². The third kappa shape index (κ3) is 3.97. The Balaban J connectivity index is 1.91. The minimum Gasteiger partial charge on any atom is -0.329 e. The number of rotatable bonds is 3. The van der Waals surface area contributed by atoms with E-state index in [9.17, 15) is 17.4 Å². The highest BCUT2D eigenvalue weighted by Crippen LogP contribution is 2.29. The number of imidazole rings is 1. The van der Waals surface area contributed by atoms with Crippen LogP contribution in [-0.2, 0) is 22.5 Å². The highest BCUT2D eigenvalue weighted by atomic mass is 32.2. The molecule has 3 aromatic heterocycles. The van der Waals surface area contributed by atoms with Gasteiger partial charge in [0.05, 0.1) is 12.2 Å². The van der Waals surface area contributed by atoms with E-state index in [0.29, 0.717) is 16.9 Å². The van der Waals surface area contributed by atoms with Crippen LogP contribution in [0.4, 0.5) is 13.2 Å². The van der Waals surface area contributed by atoms with Gasteiger partial charge in [-0.05, 0) is 32.9 Å². The minimum absolute atomic E-state index is 0.171. The second kappa shape index (κ2) is 6.32. The van der Waals surface area contributed by atoms with Crippen molar-refractivity contribution in [2.75, 3.05) is 6.26 Å². The van der Waals surface area contributed by atoms with E-state index in [1.165, 1.54) is 0 Å². The van der Waals surface area contributed by atoms with Crippen LogP contribution in [0.5, 0.6) is 0 Å². The van der Waals surface area contributed by atoms with E-state index in [-0.39, 0.29) is 12.4 Å². The molecule has 27 heavy (non-hydrogen) atoms. The van der Waals surface area contributed by atoms with E-state index in [4.69, 9.17) is 0 Å². The van der Waals surface area contributed by atoms with Gasteiger partial charge in [0, 0.05) is 38.7 Å². The molecule has 0 aliphatic heterocycles. The van der Waals surface area contributed by atoms with Crippen LogP contribution in [0.1, 0.15) is 32.4 Å². The highest BCUT2D eigenvalue weighted by molar-refractivity contribution is 7.94. The Hall–Kier alpha value is -2.43. The number of pyridine rings is 1. The average Bonchev–Trinajstić information content (AvgIpc) is 3.17. The Morgan fingerprint density at radius 2 is 1.96 bits per heavy atom. The first-order valence-corrected chi connectivity index (χ1v) is 9.85. The van der Waals surface area contributed by atoms with E-state index >= 15 is 0 Å². The summed E-state index contributed by atoms with van der Waals surface area (Å²) in [4.78, 5) is 7.74. The summed E-state index contributed by atoms with van der Waals surface area (Å²) in [5, 5.41) is 3.36. The van der Waals surface area contributed by atoms with Crippen LogP contribution in [0.2, 0.25) is 0 Å². The van der Waals surface area contributed by atoms with Gasteiger partial charge in [0.25, 0.3) is 0 Å². The topological polar surface area (TPSA) is 85.7 Å². The van der Waals surface area contributed by atoms with Crippen molar-refractivity contribution in [2.24, 2.45) is 4.36 Å². The Morgan fingerprint density at radius 1 is 1.26 bits per heavy atom. The molecule has 0 fully saturated rings. The normalized spacial score (nSPS) is 15.1. The number of fused-ring (bicyclic) bond motifs is 1. The number of aromatic nitrogens is 4. The van der Waals surface area contributed by atoms with E-state index < -0.39 is 26.5 Å². The first-order chi connectivity index (χ1) is 12.4. The first-order valence-electron chi connectivity index (χ1n) is 7.93. The van der Waals surface area contributed by atoms with Gasteiger partial charge in [-0.3, -0.25) is 0 Å². The number of hydrogen-bond acceptors (Lipinski definition) is 6. The lowest BCUT2D eigenvalue weighted by Gasteiger charge is -2.20. The monoisotopic (exact) mass is 401 g/mol. The maximum atomic E-state index is 12.6. The molecule has 0 aliphatic rings. The molecule has 0 saturated heterocycles. The molecule has 146 valence electrons. The average molecular weight is 401 g/mol. The van der Waals surface area contributed by atoms with Crippen LogP contribution >= 0.6 is 0 Å². The lowest BCUT2D eigenvalue weighted by molar-refractivity contribution is -0.159. The van der Waals surface area contributed by atoms with Crippen LogP contribution in [-0.4, -0.2) is 34.7 Å². The van der Waals surface area contributed by atoms with Gasteiger partial charge in [-0.1, -0.05) is 5.16 Å². The molecule has 0 saturated carbocycles. The van der Waals surface area contributed by atoms with Gasteiger partial charge in [-0.25, -0.2) is 13.6 Å². The van der Waals surface area contributed by atoms with Crippen LogP contribution in [0.15, 0.2) is 33.4 Å². The molecule has 3 heterocycles. The van der Waals surface area contributed by atoms with Crippen molar-refractivity contribution in [1.82, 2.24) is 19.5 Å². The summed E-state index contributed by atoms with van der Waals surface area (Å²) in [6, 6.07) is 3.10. The molecule has 0 amide bonds. The van der Waals surface area contributed by atoms with E-state index in [0.717, 1.165) is 0 Å². The summed E-state index contributed by atoms with van der Waals surface area (Å²) in [5.74, 6) is -1.58. The maximum absolute atomic E-state index is 12.6. The molecular weight excluding hydrogens is 383 g/mol. The van der Waals surface area contributed by atoms with Gasteiger partial charge >= 0.3 is 12.1 Å². The van der Waals surface area contributed by atoms with Gasteiger partial charge < -0.3 is 8.92 Å². The second-order valence-corrected chi connectivity index (χ2v) is 10.1. The van der Waals surface area contributed by atoms with Gasteiger partial charge in [0.15, 0.2) is 0 Å². The maximum Gasteiger partial charge on any atom is 0.471 e. The third-order valence-corrected chi connectivity index (χ3v) is 6.94. The molecule has 1 unspecified atom stereocenters. The SMILES string of the molecule is CC(C)(C)S(C)(=O)=NCc1cn2ccc(-c3noc(C(F)(F)F)n3)cc2n1. The number of hydrogen-bond donors (Lipinski definition) is 0. The lowest BCUT2D eigenvalue weighted by Crippen LogP contribution is -2.26. The van der Waals surface area contributed by atoms with Crippen molar-refractivity contribution in [2.45, 2.75) is 38.2 Å². The third-order valence-electron chi connectivity index (χ3n) is 4.05. The van der Waals surface area contributed by atoms with Crippen LogP contribution in [0.3, 0.4) is 0 Å². The zero-order chi connectivity index (χ0) is 20.0. The fourth-order valence-electron chi connectivity index (χ4n) is 2.09. The summed E-state index contributed by atoms with van der Waals surface area (Å²) in [6.45, 7) is 5.74. The van der Waals surface area contributed by atoms with Crippen LogP contribution in [0.25, 0.3) is 17.0 Å². The second-order valence-electron chi connectivity index (χ2n) is 7.04. The summed E-state index contributed by atoms with van der Waals surface area (Å²) in [6.07, 6.45) is 0.253. The quantitative estimate of drug-likeness (QED) is 0.666. The van der Waals surface area contributed by atoms with E-state index in [1.807, 2.05) is 20.8 Å². The molecule has 0 aromatic carbocycles. The van der Waals surface area contributed by atoms with Crippen molar-refractivity contribution in [3.05, 3.63) is 36.1 Å². The fourth-order valence-corrected chi connectivity index (χ4v) is 2.85. The van der Waals surface area contributed by atoms with Crippen molar-refractivity contribution in [3.63, 3.8) is 0 Å². The molecule has 3 rings (SSSR count). The Bertz CT molecular complexity index is 1100.